The first-order valence-electron chi connectivity index (χ1n) is 5.50. The maximum Gasteiger partial charge on any atom is 0.398 e. The minimum absolute atomic E-state index is 0.0761. The number of methoxy groups -OCH3 is 1. The Labute approximate surface area is 109 Å². The molecule has 0 aliphatic rings. The van der Waals surface area contributed by atoms with Crippen LogP contribution in [0.25, 0.3) is 0 Å². The van der Waals surface area contributed by atoms with Crippen molar-refractivity contribution in [3.05, 3.63) is 29.8 Å². The Hall–Kier alpha value is -2.57. The van der Waals surface area contributed by atoms with Crippen molar-refractivity contribution < 1.29 is 23.9 Å². The number of carbonyl (C=O) groups excluding carboxylic acids is 3. The number of benzene rings is 1. The molecule has 2 amide bonds. The fraction of sp³-hybridized carbons (Fsp3) is 0.250. The number of esters is 1. The Balaban J connectivity index is 2.61. The molecule has 1 aromatic rings. The SMILES string of the molecule is CCOC(=O)C(=O)NNC(=O)c1ccccc1OC. The third kappa shape index (κ3) is 3.98. The molecule has 1 rings (SSSR count). The average molecular weight is 266 g/mol. The number of carbonyl (C=O) groups is 3. The largest absolute Gasteiger partial charge is 0.496 e. The zero-order chi connectivity index (χ0) is 14.3. The Bertz CT molecular complexity index is 487. The molecule has 0 aliphatic heterocycles. The van der Waals surface area contributed by atoms with Crippen LogP contribution >= 0.6 is 0 Å². The van der Waals surface area contributed by atoms with Crippen molar-refractivity contribution in [2.75, 3.05) is 13.7 Å². The summed E-state index contributed by atoms with van der Waals surface area (Å²) in [6.07, 6.45) is 0. The molecule has 0 saturated heterocycles. The van der Waals surface area contributed by atoms with Crippen LogP contribution in [-0.2, 0) is 14.3 Å². The summed E-state index contributed by atoms with van der Waals surface area (Å²) in [6.45, 7) is 1.64. The van der Waals surface area contributed by atoms with Crippen LogP contribution in [-0.4, -0.2) is 31.5 Å². The van der Waals surface area contributed by atoms with Gasteiger partial charge in [-0.1, -0.05) is 12.1 Å². The van der Waals surface area contributed by atoms with Gasteiger partial charge in [-0.3, -0.25) is 20.4 Å². The Morgan fingerprint density at radius 1 is 1.16 bits per heavy atom. The van der Waals surface area contributed by atoms with Gasteiger partial charge in [0.2, 0.25) is 0 Å². The Morgan fingerprint density at radius 2 is 1.84 bits per heavy atom. The molecule has 0 fully saturated rings. The van der Waals surface area contributed by atoms with E-state index >= 15 is 0 Å². The van der Waals surface area contributed by atoms with Gasteiger partial charge in [-0.2, -0.15) is 0 Å². The van der Waals surface area contributed by atoms with Crippen molar-refractivity contribution in [1.29, 1.82) is 0 Å². The van der Waals surface area contributed by atoms with Crippen molar-refractivity contribution in [1.82, 2.24) is 10.9 Å². The van der Waals surface area contributed by atoms with E-state index in [4.69, 9.17) is 4.74 Å². The molecule has 0 saturated carbocycles. The molecule has 0 aliphatic carbocycles. The van der Waals surface area contributed by atoms with Crippen LogP contribution in [0.5, 0.6) is 5.75 Å². The lowest BCUT2D eigenvalue weighted by molar-refractivity contribution is -0.154. The van der Waals surface area contributed by atoms with E-state index in [1.54, 1.807) is 25.1 Å². The van der Waals surface area contributed by atoms with Crippen LogP contribution in [0, 0.1) is 0 Å². The fourth-order valence-electron chi connectivity index (χ4n) is 1.26. The molecule has 7 heteroatoms. The van der Waals surface area contributed by atoms with Crippen LogP contribution in [0.3, 0.4) is 0 Å². The van der Waals surface area contributed by atoms with Crippen molar-refractivity contribution in [2.45, 2.75) is 6.92 Å². The molecule has 102 valence electrons. The number of amides is 2. The molecule has 7 nitrogen and oxygen atoms in total. The fourth-order valence-corrected chi connectivity index (χ4v) is 1.26. The first-order valence-corrected chi connectivity index (χ1v) is 5.50. The second-order valence-corrected chi connectivity index (χ2v) is 3.33. The van der Waals surface area contributed by atoms with Crippen molar-refractivity contribution in [3.63, 3.8) is 0 Å². The number of nitrogens with one attached hydrogen (secondary N) is 2. The smallest absolute Gasteiger partial charge is 0.398 e. The molecule has 2 N–H and O–H groups in total. The number of ether oxygens (including phenoxy) is 2. The van der Waals surface area contributed by atoms with Gasteiger partial charge in [0.05, 0.1) is 19.3 Å². The van der Waals surface area contributed by atoms with Gasteiger partial charge < -0.3 is 9.47 Å². The number of hydrogen-bond donors (Lipinski definition) is 2. The molecule has 0 bridgehead atoms. The van der Waals surface area contributed by atoms with Crippen LogP contribution < -0.4 is 15.6 Å². The van der Waals surface area contributed by atoms with E-state index in [0.29, 0.717) is 5.75 Å². The highest BCUT2D eigenvalue weighted by molar-refractivity contribution is 6.32. The van der Waals surface area contributed by atoms with E-state index in [1.807, 2.05) is 5.43 Å². The first kappa shape index (κ1) is 14.5. The summed E-state index contributed by atoms with van der Waals surface area (Å²) in [5.41, 5.74) is 4.27. The summed E-state index contributed by atoms with van der Waals surface area (Å²) in [6, 6.07) is 6.46. The van der Waals surface area contributed by atoms with Gasteiger partial charge in [-0.15, -0.1) is 0 Å². The zero-order valence-corrected chi connectivity index (χ0v) is 10.6. The van der Waals surface area contributed by atoms with Gasteiger partial charge >= 0.3 is 11.9 Å². The van der Waals surface area contributed by atoms with E-state index in [0.717, 1.165) is 0 Å². The first-order chi connectivity index (χ1) is 9.10. The van der Waals surface area contributed by atoms with Crippen LogP contribution in [0.4, 0.5) is 0 Å². The van der Waals surface area contributed by atoms with Gasteiger partial charge in [0.15, 0.2) is 0 Å². The number of hydrazine groups is 1. The highest BCUT2D eigenvalue weighted by atomic mass is 16.5. The summed E-state index contributed by atoms with van der Waals surface area (Å²) in [7, 11) is 1.42. The summed E-state index contributed by atoms with van der Waals surface area (Å²) in [5.74, 6) is -2.37. The second kappa shape index (κ2) is 7.00. The minimum atomic E-state index is -1.07. The summed E-state index contributed by atoms with van der Waals surface area (Å²) < 4.78 is 9.45. The van der Waals surface area contributed by atoms with Crippen LogP contribution in [0.2, 0.25) is 0 Å². The molecule has 19 heavy (non-hydrogen) atoms. The third-order valence-electron chi connectivity index (χ3n) is 2.10. The quantitative estimate of drug-likeness (QED) is 0.457. The zero-order valence-electron chi connectivity index (χ0n) is 10.6. The highest BCUT2D eigenvalue weighted by Crippen LogP contribution is 2.16. The van der Waals surface area contributed by atoms with Gasteiger partial charge in [0, 0.05) is 0 Å². The van der Waals surface area contributed by atoms with E-state index in [-0.39, 0.29) is 12.2 Å². The van der Waals surface area contributed by atoms with Gasteiger partial charge in [0.25, 0.3) is 5.91 Å². The Kier molecular flexibility index (Phi) is 5.34. The number of para-hydroxylation sites is 1. The third-order valence-corrected chi connectivity index (χ3v) is 2.10. The molecule has 0 atom stereocenters. The molecule has 0 spiro atoms. The molecule has 0 radical (unpaired) electrons. The van der Waals surface area contributed by atoms with Crippen molar-refractivity contribution in [2.24, 2.45) is 0 Å². The van der Waals surface area contributed by atoms with E-state index in [9.17, 15) is 14.4 Å². The van der Waals surface area contributed by atoms with Gasteiger partial charge in [0.1, 0.15) is 5.75 Å². The molecule has 0 unspecified atom stereocenters. The predicted molar refractivity (Wildman–Crippen MR) is 65.2 cm³/mol. The maximum absolute atomic E-state index is 11.8. The summed E-state index contributed by atoms with van der Waals surface area (Å²) in [5, 5.41) is 0. The molecule has 1 aromatic carbocycles. The maximum atomic E-state index is 11.8. The Morgan fingerprint density at radius 3 is 2.47 bits per heavy atom. The van der Waals surface area contributed by atoms with Crippen molar-refractivity contribution in [3.8, 4) is 5.75 Å². The lowest BCUT2D eigenvalue weighted by Gasteiger charge is -2.09. The summed E-state index contributed by atoms with van der Waals surface area (Å²) in [4.78, 5) is 33.9. The molecular formula is C12H14N2O5. The monoisotopic (exact) mass is 266 g/mol. The molecule has 0 aromatic heterocycles. The minimum Gasteiger partial charge on any atom is -0.496 e. The lowest BCUT2D eigenvalue weighted by atomic mass is 10.2. The van der Waals surface area contributed by atoms with Crippen LogP contribution in [0.15, 0.2) is 24.3 Å². The normalized spacial score (nSPS) is 9.37. The van der Waals surface area contributed by atoms with E-state index in [2.05, 4.69) is 10.2 Å². The van der Waals surface area contributed by atoms with Gasteiger partial charge in [-0.25, -0.2) is 4.79 Å². The van der Waals surface area contributed by atoms with E-state index in [1.165, 1.54) is 13.2 Å². The summed E-state index contributed by atoms with van der Waals surface area (Å²) >= 11 is 0. The lowest BCUT2D eigenvalue weighted by Crippen LogP contribution is -2.45. The number of rotatable bonds is 3. The topological polar surface area (TPSA) is 93.7 Å². The number of hydrogen-bond acceptors (Lipinski definition) is 5. The van der Waals surface area contributed by atoms with Crippen molar-refractivity contribution >= 4 is 17.8 Å². The second-order valence-electron chi connectivity index (χ2n) is 3.33. The highest BCUT2D eigenvalue weighted by Gasteiger charge is 2.17. The average Bonchev–Trinajstić information content (AvgIpc) is 2.44. The molecular weight excluding hydrogens is 252 g/mol. The standard InChI is InChI=1S/C12H14N2O5/c1-3-19-12(17)11(16)14-13-10(15)8-6-4-5-7-9(8)18-2/h4-7H,3H2,1-2H3,(H,13,15)(H,14,16). The van der Waals surface area contributed by atoms with Gasteiger partial charge in [-0.05, 0) is 19.1 Å². The van der Waals surface area contributed by atoms with Crippen LogP contribution in [0.1, 0.15) is 17.3 Å². The van der Waals surface area contributed by atoms with E-state index < -0.39 is 17.8 Å². The predicted octanol–water partition coefficient (Wildman–Crippen LogP) is 0.0193. The molecule has 0 heterocycles.